The van der Waals surface area contributed by atoms with Crippen molar-refractivity contribution in [3.63, 3.8) is 0 Å². The van der Waals surface area contributed by atoms with Crippen LogP contribution in [-0.2, 0) is 11.3 Å². The highest BCUT2D eigenvalue weighted by Crippen LogP contribution is 1.99. The quantitative estimate of drug-likeness (QED) is 0.693. The summed E-state index contributed by atoms with van der Waals surface area (Å²) in [6, 6.07) is 0. The number of rotatable bonds is 7. The summed E-state index contributed by atoms with van der Waals surface area (Å²) >= 11 is 1.27. The Morgan fingerprint density at radius 3 is 2.94 bits per heavy atom. The molecule has 94 valence electrons. The lowest BCUT2D eigenvalue weighted by atomic mass is 10.3. The molecule has 0 fully saturated rings. The third kappa shape index (κ3) is 4.90. The predicted molar refractivity (Wildman–Crippen MR) is 65.2 cm³/mol. The maximum atomic E-state index is 11.6. The Kier molecular flexibility index (Phi) is 5.55. The van der Waals surface area contributed by atoms with E-state index >= 15 is 0 Å². The highest BCUT2D eigenvalue weighted by molar-refractivity contribution is 7.99. The van der Waals surface area contributed by atoms with Crippen LogP contribution in [0.2, 0.25) is 0 Å². The van der Waals surface area contributed by atoms with Crippen LogP contribution in [0.3, 0.4) is 0 Å². The first-order chi connectivity index (χ1) is 8.13. The van der Waals surface area contributed by atoms with Gasteiger partial charge in [0.25, 0.3) is 5.91 Å². The van der Waals surface area contributed by atoms with E-state index in [9.17, 15) is 9.59 Å². The summed E-state index contributed by atoms with van der Waals surface area (Å²) in [5, 5.41) is 15.1. The van der Waals surface area contributed by atoms with Crippen LogP contribution in [0.15, 0.2) is 12.4 Å². The van der Waals surface area contributed by atoms with Crippen LogP contribution in [0.4, 0.5) is 0 Å². The first-order valence-corrected chi connectivity index (χ1v) is 6.39. The molecule has 2 N–H and O–H groups in total. The van der Waals surface area contributed by atoms with Crippen molar-refractivity contribution >= 4 is 23.6 Å². The zero-order valence-corrected chi connectivity index (χ0v) is 10.4. The lowest BCUT2D eigenvalue weighted by Gasteiger charge is -2.02. The molecule has 0 aliphatic carbocycles. The van der Waals surface area contributed by atoms with Gasteiger partial charge in [-0.05, 0) is 6.92 Å². The second-order valence-electron chi connectivity index (χ2n) is 3.29. The van der Waals surface area contributed by atoms with E-state index in [0.717, 1.165) is 6.54 Å². The molecule has 1 aromatic rings. The Morgan fingerprint density at radius 2 is 2.35 bits per heavy atom. The molecule has 0 bridgehead atoms. The smallest absolute Gasteiger partial charge is 0.313 e. The number of nitrogens with zero attached hydrogens (tertiary/aromatic N) is 2. The monoisotopic (exact) mass is 257 g/mol. The predicted octanol–water partition coefficient (Wildman–Crippen LogP) is 0.451. The van der Waals surface area contributed by atoms with Gasteiger partial charge in [0.1, 0.15) is 0 Å². The fourth-order valence-electron chi connectivity index (χ4n) is 1.15. The summed E-state index contributed by atoms with van der Waals surface area (Å²) < 4.78 is 1.67. The third-order valence-electron chi connectivity index (χ3n) is 1.98. The van der Waals surface area contributed by atoms with E-state index in [-0.39, 0.29) is 11.7 Å². The van der Waals surface area contributed by atoms with E-state index in [1.165, 1.54) is 18.0 Å². The van der Waals surface area contributed by atoms with Gasteiger partial charge in [0, 0.05) is 25.0 Å². The van der Waals surface area contributed by atoms with Gasteiger partial charge in [-0.15, -0.1) is 11.8 Å². The average Bonchev–Trinajstić information content (AvgIpc) is 2.76. The summed E-state index contributed by atoms with van der Waals surface area (Å²) in [5.41, 5.74) is 0.523. The van der Waals surface area contributed by atoms with Crippen molar-refractivity contribution < 1.29 is 14.7 Å². The van der Waals surface area contributed by atoms with Crippen molar-refractivity contribution in [2.45, 2.75) is 13.5 Å². The fourth-order valence-corrected chi connectivity index (χ4v) is 1.72. The Hall–Kier alpha value is -1.50. The van der Waals surface area contributed by atoms with Crippen LogP contribution < -0.4 is 5.32 Å². The van der Waals surface area contributed by atoms with Gasteiger partial charge < -0.3 is 10.4 Å². The lowest BCUT2D eigenvalue weighted by molar-refractivity contribution is -0.133. The molecule has 1 heterocycles. The van der Waals surface area contributed by atoms with Crippen molar-refractivity contribution in [3.05, 3.63) is 18.0 Å². The molecule has 0 aliphatic heterocycles. The van der Waals surface area contributed by atoms with Crippen molar-refractivity contribution in [2.24, 2.45) is 0 Å². The van der Waals surface area contributed by atoms with Crippen LogP contribution in [0, 0.1) is 0 Å². The number of carboxylic acid groups (broad SMARTS) is 1. The summed E-state index contributed by atoms with van der Waals surface area (Å²) in [4.78, 5) is 21.8. The molecule has 1 rings (SSSR count). The maximum absolute atomic E-state index is 11.6. The van der Waals surface area contributed by atoms with E-state index < -0.39 is 5.97 Å². The number of hydrogen-bond acceptors (Lipinski definition) is 4. The molecule has 17 heavy (non-hydrogen) atoms. The molecule has 6 nitrogen and oxygen atoms in total. The molecule has 0 atom stereocenters. The van der Waals surface area contributed by atoms with E-state index in [2.05, 4.69) is 10.4 Å². The maximum Gasteiger partial charge on any atom is 0.313 e. The van der Waals surface area contributed by atoms with Crippen molar-refractivity contribution in [3.8, 4) is 0 Å². The highest BCUT2D eigenvalue weighted by atomic mass is 32.2. The normalized spacial score (nSPS) is 10.2. The second-order valence-corrected chi connectivity index (χ2v) is 4.39. The van der Waals surface area contributed by atoms with E-state index in [4.69, 9.17) is 5.11 Å². The molecule has 0 saturated heterocycles. The minimum Gasteiger partial charge on any atom is -0.481 e. The number of aryl methyl sites for hydroxylation is 1. The zero-order valence-electron chi connectivity index (χ0n) is 9.55. The van der Waals surface area contributed by atoms with Crippen LogP contribution in [0.25, 0.3) is 0 Å². The molecule has 1 aromatic heterocycles. The van der Waals surface area contributed by atoms with Crippen molar-refractivity contribution in [2.75, 3.05) is 18.1 Å². The first kappa shape index (κ1) is 13.6. The van der Waals surface area contributed by atoms with Crippen LogP contribution in [0.5, 0.6) is 0 Å². The number of thioether (sulfide) groups is 1. The number of carbonyl (C=O) groups excluding carboxylic acids is 1. The van der Waals surface area contributed by atoms with Gasteiger partial charge in [-0.1, -0.05) is 0 Å². The van der Waals surface area contributed by atoms with Crippen LogP contribution in [-0.4, -0.2) is 44.8 Å². The molecule has 0 saturated carbocycles. The fraction of sp³-hybridized carbons (Fsp3) is 0.500. The van der Waals surface area contributed by atoms with Gasteiger partial charge in [0.05, 0.1) is 17.5 Å². The summed E-state index contributed by atoms with van der Waals surface area (Å²) in [7, 11) is 0. The second kappa shape index (κ2) is 6.95. The lowest BCUT2D eigenvalue weighted by Crippen LogP contribution is -2.25. The zero-order chi connectivity index (χ0) is 12.7. The molecule has 0 unspecified atom stereocenters. The number of aromatic nitrogens is 2. The molecular formula is C10H15N3O3S. The van der Waals surface area contributed by atoms with Crippen LogP contribution >= 0.6 is 11.8 Å². The topological polar surface area (TPSA) is 84.2 Å². The highest BCUT2D eigenvalue weighted by Gasteiger charge is 2.07. The van der Waals surface area contributed by atoms with Gasteiger partial charge in [0.2, 0.25) is 0 Å². The Balaban J connectivity index is 2.23. The minimum atomic E-state index is -0.842. The van der Waals surface area contributed by atoms with Gasteiger partial charge in [-0.3, -0.25) is 14.3 Å². The van der Waals surface area contributed by atoms with Gasteiger partial charge in [0.15, 0.2) is 0 Å². The number of amides is 1. The largest absolute Gasteiger partial charge is 0.481 e. The number of hydrogen-bond donors (Lipinski definition) is 2. The average molecular weight is 257 g/mol. The molecule has 0 aliphatic rings. The van der Waals surface area contributed by atoms with Gasteiger partial charge in [-0.25, -0.2) is 0 Å². The molecule has 0 spiro atoms. The summed E-state index contributed by atoms with van der Waals surface area (Å²) in [5.74, 6) is -0.380. The molecule has 1 amide bonds. The number of aliphatic carboxylic acids is 1. The molecule has 7 heteroatoms. The molecular weight excluding hydrogens is 242 g/mol. The van der Waals surface area contributed by atoms with Gasteiger partial charge in [-0.2, -0.15) is 5.10 Å². The van der Waals surface area contributed by atoms with Gasteiger partial charge >= 0.3 is 5.97 Å². The SMILES string of the molecule is CCn1cc(C(=O)NCCSCC(=O)O)cn1. The minimum absolute atomic E-state index is 0.0592. The summed E-state index contributed by atoms with van der Waals surface area (Å²) in [6.07, 6.45) is 3.20. The first-order valence-electron chi connectivity index (χ1n) is 5.23. The summed E-state index contributed by atoms with van der Waals surface area (Å²) in [6.45, 7) is 3.12. The third-order valence-corrected chi connectivity index (χ3v) is 2.92. The van der Waals surface area contributed by atoms with E-state index in [1.807, 2.05) is 6.92 Å². The van der Waals surface area contributed by atoms with Crippen LogP contribution in [0.1, 0.15) is 17.3 Å². The molecule has 0 aromatic carbocycles. The van der Waals surface area contributed by atoms with Crippen molar-refractivity contribution in [1.82, 2.24) is 15.1 Å². The Labute approximate surface area is 103 Å². The number of carbonyl (C=O) groups is 2. The van der Waals surface area contributed by atoms with Crippen molar-refractivity contribution in [1.29, 1.82) is 0 Å². The van der Waals surface area contributed by atoms with E-state index in [0.29, 0.717) is 17.9 Å². The van der Waals surface area contributed by atoms with E-state index in [1.54, 1.807) is 10.9 Å². The number of carboxylic acids is 1. The molecule has 0 radical (unpaired) electrons. The Bertz CT molecular complexity index is 392. The standard InChI is InChI=1S/C10H15N3O3S/c1-2-13-6-8(5-12-13)10(16)11-3-4-17-7-9(14)15/h5-6H,2-4,7H2,1H3,(H,11,16)(H,14,15). The number of nitrogens with one attached hydrogen (secondary N) is 1. The Morgan fingerprint density at radius 1 is 1.59 bits per heavy atom.